The molecule has 4 rings (SSSR count). The second-order valence-electron chi connectivity index (χ2n) is 9.14. The number of ketones is 1. The van der Waals surface area contributed by atoms with Crippen LogP contribution in [-0.2, 0) is 24.4 Å². The van der Waals surface area contributed by atoms with E-state index in [1.807, 2.05) is 48.5 Å². The normalized spacial score (nSPS) is 13.7. The molecule has 2 heterocycles. The molecule has 172 valence electrons. The van der Waals surface area contributed by atoms with Crippen LogP contribution in [-0.4, -0.2) is 32.3 Å². The molecule has 0 unspecified atom stereocenters. The lowest BCUT2D eigenvalue weighted by Gasteiger charge is -2.29. The van der Waals surface area contributed by atoms with E-state index in [1.54, 1.807) is 26.0 Å². The molecule has 0 spiro atoms. The average molecular weight is 454 g/mol. The van der Waals surface area contributed by atoms with Gasteiger partial charge in [-0.2, -0.15) is 5.26 Å². The van der Waals surface area contributed by atoms with E-state index in [1.165, 1.54) is 0 Å². The number of aliphatic imine (C=N–C) groups is 1. The predicted octanol–water partition coefficient (Wildman–Crippen LogP) is 3.85. The van der Waals surface area contributed by atoms with E-state index in [2.05, 4.69) is 16.0 Å². The van der Waals surface area contributed by atoms with Crippen molar-refractivity contribution in [3.63, 3.8) is 0 Å². The minimum absolute atomic E-state index is 0.0291. The number of benzene rings is 2. The van der Waals surface area contributed by atoms with Crippen LogP contribution in [0.5, 0.6) is 0 Å². The molecule has 0 radical (unpaired) electrons. The Morgan fingerprint density at radius 3 is 2.47 bits per heavy atom. The zero-order chi connectivity index (χ0) is 24.3. The minimum atomic E-state index is -1.05. The number of Topliss-reactive ketones (excluding diaryl/α,β-unsaturated/α-hetero) is 1. The van der Waals surface area contributed by atoms with Gasteiger partial charge in [0.25, 0.3) is 0 Å². The molecular weight excluding hydrogens is 426 g/mol. The van der Waals surface area contributed by atoms with Crippen molar-refractivity contribution in [3.05, 3.63) is 99.9 Å². The Kier molecular flexibility index (Phi) is 6.69. The average Bonchev–Trinajstić information content (AvgIpc) is 3.26. The number of aliphatic hydroxyl groups is 2. The first-order chi connectivity index (χ1) is 16.3. The summed E-state index contributed by atoms with van der Waals surface area (Å²) in [4.78, 5) is 22.3. The third kappa shape index (κ3) is 4.96. The molecule has 2 N–H and O–H groups in total. The monoisotopic (exact) mass is 453 g/mol. The molecule has 0 saturated heterocycles. The summed E-state index contributed by atoms with van der Waals surface area (Å²) < 4.78 is 0. The molecule has 0 bridgehead atoms. The van der Waals surface area contributed by atoms with Crippen LogP contribution in [0, 0.1) is 11.3 Å². The molecule has 3 aromatic rings. The van der Waals surface area contributed by atoms with Gasteiger partial charge in [0.2, 0.25) is 0 Å². The van der Waals surface area contributed by atoms with Crippen LogP contribution < -0.4 is 0 Å². The van der Waals surface area contributed by atoms with Crippen LogP contribution in [0.15, 0.2) is 65.7 Å². The first-order valence-electron chi connectivity index (χ1n) is 11.3. The van der Waals surface area contributed by atoms with Crippen LogP contribution >= 0.6 is 0 Å². The van der Waals surface area contributed by atoms with Gasteiger partial charge in [-0.15, -0.1) is 0 Å². The highest BCUT2D eigenvalue weighted by atomic mass is 16.3. The second-order valence-corrected chi connectivity index (χ2v) is 9.14. The zero-order valence-electron chi connectivity index (χ0n) is 19.3. The number of nitrogens with zero attached hydrogens (tertiary/aromatic N) is 3. The quantitative estimate of drug-likeness (QED) is 0.539. The predicted molar refractivity (Wildman–Crippen MR) is 129 cm³/mol. The number of carbonyl (C=O) groups is 1. The SMILES string of the molecule is CC(C)(O)[C@@H](CC(=O)Cc1cc2c(c(CO)n1)C(c1ccc(C#N)cc1)=NC2)c1ccccc1. The maximum Gasteiger partial charge on any atom is 0.139 e. The van der Waals surface area contributed by atoms with Crippen LogP contribution in [0.1, 0.15) is 65.4 Å². The van der Waals surface area contributed by atoms with E-state index in [9.17, 15) is 15.0 Å². The molecular formula is C28H27N3O3. The molecule has 1 aliphatic heterocycles. The minimum Gasteiger partial charge on any atom is -0.390 e. The number of pyridine rings is 1. The summed E-state index contributed by atoms with van der Waals surface area (Å²) in [5.74, 6) is -0.363. The smallest absolute Gasteiger partial charge is 0.139 e. The number of hydrogen-bond acceptors (Lipinski definition) is 6. The Labute approximate surface area is 199 Å². The highest BCUT2D eigenvalue weighted by molar-refractivity contribution is 6.15. The third-order valence-electron chi connectivity index (χ3n) is 6.18. The van der Waals surface area contributed by atoms with Gasteiger partial charge in [-0.05, 0) is 43.2 Å². The summed E-state index contributed by atoms with van der Waals surface area (Å²) in [7, 11) is 0. The first-order valence-corrected chi connectivity index (χ1v) is 11.3. The molecule has 0 saturated carbocycles. The molecule has 34 heavy (non-hydrogen) atoms. The Morgan fingerprint density at radius 1 is 1.15 bits per heavy atom. The molecule has 0 aliphatic carbocycles. The molecule has 1 atom stereocenters. The molecule has 6 heteroatoms. The van der Waals surface area contributed by atoms with Crippen molar-refractivity contribution in [2.45, 2.75) is 51.4 Å². The lowest BCUT2D eigenvalue weighted by molar-refractivity contribution is -0.120. The second kappa shape index (κ2) is 9.68. The Hall–Kier alpha value is -3.66. The Balaban J connectivity index is 1.56. The highest BCUT2D eigenvalue weighted by Gasteiger charge is 2.31. The third-order valence-corrected chi connectivity index (χ3v) is 6.18. The number of nitriles is 1. The lowest BCUT2D eigenvalue weighted by Crippen LogP contribution is -2.31. The Morgan fingerprint density at radius 2 is 1.85 bits per heavy atom. The van der Waals surface area contributed by atoms with Crippen LogP contribution in [0.3, 0.4) is 0 Å². The molecule has 0 fully saturated rings. The zero-order valence-corrected chi connectivity index (χ0v) is 19.3. The van der Waals surface area contributed by atoms with Crippen molar-refractivity contribution < 1.29 is 15.0 Å². The number of hydrogen-bond donors (Lipinski definition) is 2. The summed E-state index contributed by atoms with van der Waals surface area (Å²) in [5.41, 5.74) is 4.82. The van der Waals surface area contributed by atoms with Gasteiger partial charge < -0.3 is 10.2 Å². The maximum absolute atomic E-state index is 13.0. The van der Waals surface area contributed by atoms with Gasteiger partial charge in [-0.1, -0.05) is 42.5 Å². The van der Waals surface area contributed by atoms with Crippen molar-refractivity contribution in [1.82, 2.24) is 4.98 Å². The van der Waals surface area contributed by atoms with E-state index in [-0.39, 0.29) is 31.1 Å². The summed E-state index contributed by atoms with van der Waals surface area (Å²) in [6.07, 6.45) is 0.305. The van der Waals surface area contributed by atoms with Gasteiger partial charge in [-0.25, -0.2) is 0 Å². The lowest BCUT2D eigenvalue weighted by atomic mass is 9.80. The van der Waals surface area contributed by atoms with E-state index in [4.69, 9.17) is 5.26 Å². The van der Waals surface area contributed by atoms with Crippen molar-refractivity contribution in [2.24, 2.45) is 4.99 Å². The number of carbonyl (C=O) groups excluding carboxylic acids is 1. The van der Waals surface area contributed by atoms with Crippen molar-refractivity contribution in [3.8, 4) is 6.07 Å². The first kappa shape index (κ1) is 23.5. The summed E-state index contributed by atoms with van der Waals surface area (Å²) in [6.45, 7) is 3.61. The number of aromatic nitrogens is 1. The highest BCUT2D eigenvalue weighted by Crippen LogP contribution is 2.32. The number of aliphatic hydroxyl groups excluding tert-OH is 1. The number of fused-ring (bicyclic) bond motifs is 1. The van der Waals surface area contributed by atoms with Gasteiger partial charge >= 0.3 is 0 Å². The van der Waals surface area contributed by atoms with Gasteiger partial charge in [0.05, 0.1) is 41.8 Å². The van der Waals surface area contributed by atoms with Gasteiger partial charge in [0.15, 0.2) is 0 Å². The topological polar surface area (TPSA) is 107 Å². The van der Waals surface area contributed by atoms with Gasteiger partial charge in [0.1, 0.15) is 5.78 Å². The van der Waals surface area contributed by atoms with Crippen molar-refractivity contribution >= 4 is 11.5 Å². The summed E-state index contributed by atoms with van der Waals surface area (Å²) in [6, 6.07) is 20.7. The maximum atomic E-state index is 13.0. The van der Waals surface area contributed by atoms with Gasteiger partial charge in [-0.3, -0.25) is 14.8 Å². The van der Waals surface area contributed by atoms with Crippen LogP contribution in [0.4, 0.5) is 0 Å². The van der Waals surface area contributed by atoms with E-state index < -0.39 is 5.60 Å². The standard InChI is InChI=1S/C28H27N3O3/c1-28(2,34)24(19-6-4-3-5-7-19)14-23(33)13-22-12-21-16-30-27(26(21)25(17-32)31-22)20-10-8-18(15-29)9-11-20/h3-12,24,32,34H,13-14,16-17H2,1-2H3/t24-/m0/s1. The fourth-order valence-electron chi connectivity index (χ4n) is 4.48. The van der Waals surface area contributed by atoms with Crippen LogP contribution in [0.2, 0.25) is 0 Å². The fraction of sp³-hybridized carbons (Fsp3) is 0.286. The molecule has 1 aromatic heterocycles. The number of rotatable bonds is 8. The van der Waals surface area contributed by atoms with E-state index in [0.29, 0.717) is 23.5 Å². The largest absolute Gasteiger partial charge is 0.390 e. The molecule has 2 aromatic carbocycles. The summed E-state index contributed by atoms with van der Waals surface area (Å²) >= 11 is 0. The van der Waals surface area contributed by atoms with E-state index >= 15 is 0 Å². The molecule has 6 nitrogen and oxygen atoms in total. The van der Waals surface area contributed by atoms with Gasteiger partial charge in [0, 0.05) is 35.6 Å². The van der Waals surface area contributed by atoms with E-state index in [0.717, 1.165) is 28.0 Å². The summed E-state index contributed by atoms with van der Waals surface area (Å²) in [5, 5.41) is 29.8. The molecule has 0 amide bonds. The fourth-order valence-corrected chi connectivity index (χ4v) is 4.48. The Bertz CT molecular complexity index is 1270. The van der Waals surface area contributed by atoms with Crippen LogP contribution in [0.25, 0.3) is 0 Å². The van der Waals surface area contributed by atoms with Crippen molar-refractivity contribution in [1.29, 1.82) is 5.26 Å². The molecule has 1 aliphatic rings. The van der Waals surface area contributed by atoms with Crippen molar-refractivity contribution in [2.75, 3.05) is 0 Å².